The van der Waals surface area contributed by atoms with Gasteiger partial charge in [-0.1, -0.05) is 39.4 Å². The number of carbonyl (C=O) groups is 3. The first-order valence-electron chi connectivity index (χ1n) is 13.3. The average molecular weight is 642 g/mol. The lowest BCUT2D eigenvalue weighted by Gasteiger charge is -2.43. The van der Waals surface area contributed by atoms with Crippen molar-refractivity contribution in [1.82, 2.24) is 4.98 Å². The largest absolute Gasteiger partial charge is 0.482 e. The predicted octanol–water partition coefficient (Wildman–Crippen LogP) is 4.82. The standard InChI is InChI=1S/C29H25BrN2O6S2/c1-2-37-19(33)12-38-16-9-3-13(4-10-16)20-21-17-11-18(24(21)39-26-25(20)40-29(36)31-26)23-22(17)27(34)32(28(23)35)15-7-5-14(30)6-8-15/h3-10,17-18,20-24H,2,11-12H2,1H3,(H,31,36)/t17-,18-,20+,21-,22+,23+,24-/m1/s1. The Labute approximate surface area is 246 Å². The molecule has 40 heavy (non-hydrogen) atoms. The summed E-state index contributed by atoms with van der Waals surface area (Å²) in [6, 6.07) is 14.9. The SMILES string of the molecule is CCOC(=O)COc1ccc([C@@H]2c3sc(=O)[nH]c3S[C@@H]3[C@@H]4C[C@@H]([C@@H]5C(=O)N(c6ccc(Br)cc6)C(=O)[C@@H]45)[C@H]23)cc1. The number of benzene rings is 2. The molecular weight excluding hydrogens is 616 g/mol. The average Bonchev–Trinajstić information content (AvgIpc) is 3.67. The number of anilines is 1. The van der Waals surface area contributed by atoms with Crippen molar-refractivity contribution in [2.45, 2.75) is 29.5 Å². The van der Waals surface area contributed by atoms with Crippen molar-refractivity contribution >= 4 is 62.5 Å². The number of aromatic nitrogens is 1. The maximum Gasteiger partial charge on any atom is 0.344 e. The molecule has 1 N–H and O–H groups in total. The Hall–Kier alpha value is -2.89. The van der Waals surface area contributed by atoms with Crippen LogP contribution >= 0.6 is 39.0 Å². The Morgan fingerprint density at radius 2 is 1.73 bits per heavy atom. The maximum absolute atomic E-state index is 13.8. The minimum absolute atomic E-state index is 0.0412. The molecular formula is C29H25BrN2O6S2. The van der Waals surface area contributed by atoms with Gasteiger partial charge in [-0.25, -0.2) is 4.79 Å². The second-order valence-corrected chi connectivity index (χ2v) is 13.7. The minimum atomic E-state index is -0.426. The summed E-state index contributed by atoms with van der Waals surface area (Å²) in [5.74, 6) is -0.631. The van der Waals surface area contributed by atoms with E-state index in [9.17, 15) is 19.2 Å². The fourth-order valence-electron chi connectivity index (χ4n) is 7.35. The van der Waals surface area contributed by atoms with Gasteiger partial charge in [0.05, 0.1) is 29.2 Å². The van der Waals surface area contributed by atoms with Crippen molar-refractivity contribution in [2.24, 2.45) is 29.6 Å². The van der Waals surface area contributed by atoms with E-state index >= 15 is 0 Å². The Bertz CT molecular complexity index is 1570. The van der Waals surface area contributed by atoms with Crippen molar-refractivity contribution in [3.05, 3.63) is 73.1 Å². The van der Waals surface area contributed by atoms with Crippen LogP contribution in [0.1, 0.15) is 29.7 Å². The summed E-state index contributed by atoms with van der Waals surface area (Å²) in [4.78, 5) is 57.0. The highest BCUT2D eigenvalue weighted by atomic mass is 79.9. The molecule has 3 fully saturated rings. The summed E-state index contributed by atoms with van der Waals surface area (Å²) in [7, 11) is 0. The van der Waals surface area contributed by atoms with Gasteiger partial charge in [0.1, 0.15) is 5.75 Å². The first-order valence-corrected chi connectivity index (χ1v) is 15.8. The number of rotatable bonds is 6. The van der Waals surface area contributed by atoms with E-state index in [2.05, 4.69) is 20.9 Å². The van der Waals surface area contributed by atoms with Crippen LogP contribution in [-0.4, -0.2) is 41.2 Å². The molecule has 1 saturated heterocycles. The van der Waals surface area contributed by atoms with Gasteiger partial charge in [0.25, 0.3) is 0 Å². The number of aromatic amines is 1. The molecule has 2 aliphatic heterocycles. The zero-order valence-electron chi connectivity index (χ0n) is 21.4. The number of nitrogens with zero attached hydrogens (tertiary/aromatic N) is 1. The monoisotopic (exact) mass is 640 g/mol. The number of hydrogen-bond donors (Lipinski definition) is 1. The maximum atomic E-state index is 13.8. The molecule has 7 atom stereocenters. The first-order chi connectivity index (χ1) is 19.4. The quantitative estimate of drug-likeness (QED) is 0.304. The Balaban J connectivity index is 1.22. The lowest BCUT2D eigenvalue weighted by molar-refractivity contribution is -0.145. The fraction of sp³-hybridized carbons (Fsp3) is 0.379. The molecule has 2 saturated carbocycles. The van der Waals surface area contributed by atoms with E-state index in [-0.39, 0.29) is 64.1 Å². The van der Waals surface area contributed by atoms with Gasteiger partial charge < -0.3 is 14.5 Å². The number of carbonyl (C=O) groups excluding carboxylic acids is 3. The predicted molar refractivity (Wildman–Crippen MR) is 154 cm³/mol. The van der Waals surface area contributed by atoms with Crippen LogP contribution in [0.3, 0.4) is 0 Å². The molecule has 0 unspecified atom stereocenters. The van der Waals surface area contributed by atoms with E-state index in [0.29, 0.717) is 18.0 Å². The number of thiazole rings is 1. The zero-order chi connectivity index (χ0) is 27.7. The number of nitrogens with one attached hydrogen (secondary N) is 1. The molecule has 0 radical (unpaired) electrons. The summed E-state index contributed by atoms with van der Waals surface area (Å²) < 4.78 is 11.4. The Morgan fingerprint density at radius 3 is 2.42 bits per heavy atom. The minimum Gasteiger partial charge on any atom is -0.482 e. The molecule has 7 rings (SSSR count). The molecule has 2 aromatic carbocycles. The van der Waals surface area contributed by atoms with Crippen LogP contribution in [0.25, 0.3) is 0 Å². The van der Waals surface area contributed by atoms with Crippen LogP contribution in [0.4, 0.5) is 5.69 Å². The molecule has 2 aliphatic carbocycles. The summed E-state index contributed by atoms with van der Waals surface area (Å²) in [6.07, 6.45) is 0.833. The van der Waals surface area contributed by atoms with Crippen LogP contribution in [0.5, 0.6) is 5.75 Å². The summed E-state index contributed by atoms with van der Waals surface area (Å²) >= 11 is 6.33. The summed E-state index contributed by atoms with van der Waals surface area (Å²) in [6.45, 7) is 1.88. The normalized spacial score (nSPS) is 29.8. The third kappa shape index (κ3) is 4.00. The van der Waals surface area contributed by atoms with Gasteiger partial charge >= 0.3 is 10.8 Å². The van der Waals surface area contributed by atoms with Gasteiger partial charge in [0.2, 0.25) is 11.8 Å². The van der Waals surface area contributed by atoms with E-state index in [1.165, 1.54) is 16.2 Å². The number of imide groups is 1. The third-order valence-electron chi connectivity index (χ3n) is 8.71. The molecule has 2 bridgehead atoms. The molecule has 4 aliphatic rings. The molecule has 8 nitrogen and oxygen atoms in total. The number of amides is 2. The second kappa shape index (κ2) is 9.88. The topological polar surface area (TPSA) is 106 Å². The highest BCUT2D eigenvalue weighted by molar-refractivity contribution is 9.10. The van der Waals surface area contributed by atoms with Gasteiger partial charge in [0.15, 0.2) is 6.61 Å². The van der Waals surface area contributed by atoms with Crippen LogP contribution < -0.4 is 14.5 Å². The van der Waals surface area contributed by atoms with Gasteiger partial charge in [-0.3, -0.25) is 19.3 Å². The Morgan fingerprint density at radius 1 is 1.02 bits per heavy atom. The van der Waals surface area contributed by atoms with Crippen molar-refractivity contribution in [3.63, 3.8) is 0 Å². The van der Waals surface area contributed by atoms with E-state index in [1.54, 1.807) is 30.8 Å². The van der Waals surface area contributed by atoms with E-state index in [4.69, 9.17) is 9.47 Å². The highest BCUT2D eigenvalue weighted by Crippen LogP contribution is 2.68. The Kier molecular flexibility index (Phi) is 6.43. The van der Waals surface area contributed by atoms with Gasteiger partial charge in [-0.2, -0.15) is 0 Å². The molecule has 3 heterocycles. The third-order valence-corrected chi connectivity index (χ3v) is 11.8. The number of ether oxygens (including phenoxy) is 2. The van der Waals surface area contributed by atoms with Crippen LogP contribution in [0, 0.1) is 29.6 Å². The number of fused-ring (bicyclic) bond motifs is 9. The fourth-order valence-corrected chi connectivity index (χ4v) is 10.5. The van der Waals surface area contributed by atoms with Gasteiger partial charge in [0, 0.05) is 20.5 Å². The van der Waals surface area contributed by atoms with Crippen molar-refractivity contribution in [3.8, 4) is 5.75 Å². The van der Waals surface area contributed by atoms with Crippen LogP contribution in [0.15, 0.2) is 62.8 Å². The molecule has 206 valence electrons. The number of halogens is 1. The smallest absolute Gasteiger partial charge is 0.344 e. The first kappa shape index (κ1) is 26.0. The van der Waals surface area contributed by atoms with Gasteiger partial charge in [-0.05, 0) is 73.1 Å². The summed E-state index contributed by atoms with van der Waals surface area (Å²) in [5.41, 5.74) is 1.64. The van der Waals surface area contributed by atoms with E-state index < -0.39 is 5.97 Å². The van der Waals surface area contributed by atoms with Gasteiger partial charge in [-0.15, -0.1) is 11.8 Å². The number of esters is 1. The van der Waals surface area contributed by atoms with Crippen molar-refractivity contribution in [1.29, 1.82) is 0 Å². The molecule has 0 spiro atoms. The number of thioether (sulfide) groups is 1. The second-order valence-electron chi connectivity index (χ2n) is 10.6. The van der Waals surface area contributed by atoms with E-state index in [0.717, 1.165) is 26.4 Å². The molecule has 1 aromatic heterocycles. The lowest BCUT2D eigenvalue weighted by atomic mass is 9.68. The number of H-pyrrole nitrogens is 1. The van der Waals surface area contributed by atoms with E-state index in [1.807, 2.05) is 36.4 Å². The molecule has 3 aromatic rings. The van der Waals surface area contributed by atoms with Crippen LogP contribution in [-0.2, 0) is 19.1 Å². The number of hydrogen-bond acceptors (Lipinski definition) is 8. The highest BCUT2D eigenvalue weighted by Gasteiger charge is 2.69. The summed E-state index contributed by atoms with van der Waals surface area (Å²) in [5, 5.41) is 0.991. The lowest BCUT2D eigenvalue weighted by Crippen LogP contribution is -2.42. The van der Waals surface area contributed by atoms with Crippen molar-refractivity contribution < 1.29 is 23.9 Å². The molecule has 11 heteroatoms. The van der Waals surface area contributed by atoms with Crippen molar-refractivity contribution in [2.75, 3.05) is 18.1 Å². The molecule has 2 amide bonds. The van der Waals surface area contributed by atoms with Crippen LogP contribution in [0.2, 0.25) is 0 Å². The zero-order valence-corrected chi connectivity index (χ0v) is 24.6.